The molecule has 0 saturated heterocycles. The largest absolute Gasteiger partial charge is 0.462 e. The first-order valence-electron chi connectivity index (χ1n) is 8.63. The van der Waals surface area contributed by atoms with E-state index in [-0.39, 0.29) is 12.5 Å². The van der Waals surface area contributed by atoms with E-state index < -0.39 is 5.97 Å². The van der Waals surface area contributed by atoms with Gasteiger partial charge in [0.05, 0.1) is 28.6 Å². The number of amides is 1. The van der Waals surface area contributed by atoms with E-state index in [1.807, 2.05) is 0 Å². The molecule has 142 valence electrons. The molecule has 1 aromatic heterocycles. The molecule has 2 aromatic carbocycles. The molecular weight excluding hydrogens is 378 g/mol. The van der Waals surface area contributed by atoms with Crippen molar-refractivity contribution in [1.82, 2.24) is 4.98 Å². The second-order valence-electron chi connectivity index (χ2n) is 5.75. The van der Waals surface area contributed by atoms with Crippen molar-refractivity contribution in [3.63, 3.8) is 0 Å². The van der Waals surface area contributed by atoms with Crippen LogP contribution in [0, 0.1) is 0 Å². The van der Waals surface area contributed by atoms with Gasteiger partial charge in [-0.15, -0.1) is 0 Å². The molecule has 6 nitrogen and oxygen atoms in total. The summed E-state index contributed by atoms with van der Waals surface area (Å²) in [7, 11) is 0. The highest BCUT2D eigenvalue weighted by Gasteiger charge is 2.14. The number of nitrogens with zero attached hydrogens (tertiary/aromatic N) is 1. The number of hydrogen-bond acceptors (Lipinski definition) is 5. The molecular formula is C21H18ClN3O3. The number of nitrogens with one attached hydrogen (secondary N) is 2. The highest BCUT2D eigenvalue weighted by molar-refractivity contribution is 6.33. The van der Waals surface area contributed by atoms with Crippen LogP contribution >= 0.6 is 11.6 Å². The van der Waals surface area contributed by atoms with Crippen LogP contribution in [0.25, 0.3) is 0 Å². The monoisotopic (exact) mass is 395 g/mol. The fraction of sp³-hybridized carbons (Fsp3) is 0.0952. The van der Waals surface area contributed by atoms with Gasteiger partial charge in [-0.3, -0.25) is 4.79 Å². The van der Waals surface area contributed by atoms with Crippen LogP contribution in [0.15, 0.2) is 66.9 Å². The van der Waals surface area contributed by atoms with Crippen LogP contribution in [0.3, 0.4) is 0 Å². The fourth-order valence-electron chi connectivity index (χ4n) is 2.51. The Kier molecular flexibility index (Phi) is 6.24. The van der Waals surface area contributed by atoms with Crippen LogP contribution in [-0.2, 0) is 4.74 Å². The average Bonchev–Trinajstić information content (AvgIpc) is 2.70. The van der Waals surface area contributed by atoms with Gasteiger partial charge in [0.2, 0.25) is 0 Å². The van der Waals surface area contributed by atoms with E-state index in [0.717, 1.165) is 0 Å². The standard InChI is InChI=1S/C21H18ClN3O3/c1-2-28-21(27)15-7-3-5-9-17(15)24-19-13-14(11-12-23-19)20(26)25-18-10-6-4-8-16(18)22/h3-13H,2H2,1H3,(H,23,24)(H,25,26). The molecule has 0 unspecified atom stereocenters. The molecule has 0 atom stereocenters. The van der Waals surface area contributed by atoms with Crippen molar-refractivity contribution in [2.75, 3.05) is 17.2 Å². The summed E-state index contributed by atoms with van der Waals surface area (Å²) in [5, 5.41) is 6.28. The maximum atomic E-state index is 12.5. The number of anilines is 3. The Bertz CT molecular complexity index is 1010. The van der Waals surface area contributed by atoms with E-state index in [2.05, 4.69) is 15.6 Å². The van der Waals surface area contributed by atoms with Crippen LogP contribution in [-0.4, -0.2) is 23.5 Å². The summed E-state index contributed by atoms with van der Waals surface area (Å²) in [6.45, 7) is 2.03. The number of rotatable bonds is 6. The maximum Gasteiger partial charge on any atom is 0.340 e. The Labute approximate surface area is 167 Å². The molecule has 3 rings (SSSR count). The quantitative estimate of drug-likeness (QED) is 0.580. The number of carbonyl (C=O) groups excluding carboxylic acids is 2. The summed E-state index contributed by atoms with van der Waals surface area (Å²) >= 11 is 6.08. The molecule has 2 N–H and O–H groups in total. The van der Waals surface area contributed by atoms with Gasteiger partial charge in [0.25, 0.3) is 5.91 Å². The first-order valence-corrected chi connectivity index (χ1v) is 9.01. The molecule has 0 spiro atoms. The zero-order valence-electron chi connectivity index (χ0n) is 15.1. The van der Waals surface area contributed by atoms with Gasteiger partial charge in [-0.25, -0.2) is 9.78 Å². The Morgan fingerprint density at radius 2 is 1.75 bits per heavy atom. The molecule has 3 aromatic rings. The van der Waals surface area contributed by atoms with E-state index in [4.69, 9.17) is 16.3 Å². The first kappa shape index (κ1) is 19.4. The number of esters is 1. The van der Waals surface area contributed by atoms with Gasteiger partial charge >= 0.3 is 5.97 Å². The first-order chi connectivity index (χ1) is 13.6. The Hall–Kier alpha value is -3.38. The second kappa shape index (κ2) is 9.01. The van der Waals surface area contributed by atoms with Crippen LogP contribution in [0.4, 0.5) is 17.2 Å². The van der Waals surface area contributed by atoms with Gasteiger partial charge in [-0.05, 0) is 43.3 Å². The zero-order chi connectivity index (χ0) is 19.9. The zero-order valence-corrected chi connectivity index (χ0v) is 15.9. The van der Waals surface area contributed by atoms with Crippen molar-refractivity contribution in [3.8, 4) is 0 Å². The third-order valence-electron chi connectivity index (χ3n) is 3.83. The number of benzene rings is 2. The minimum absolute atomic E-state index is 0.281. The van der Waals surface area contributed by atoms with Crippen LogP contribution in [0.2, 0.25) is 5.02 Å². The van der Waals surface area contributed by atoms with E-state index in [1.165, 1.54) is 6.20 Å². The normalized spacial score (nSPS) is 10.2. The maximum absolute atomic E-state index is 12.5. The number of ether oxygens (including phenoxy) is 1. The van der Waals surface area contributed by atoms with Gasteiger partial charge in [0, 0.05) is 11.8 Å². The molecule has 7 heteroatoms. The van der Waals surface area contributed by atoms with E-state index >= 15 is 0 Å². The summed E-state index contributed by atoms with van der Waals surface area (Å²) < 4.78 is 5.07. The van der Waals surface area contributed by atoms with Gasteiger partial charge in [0.15, 0.2) is 0 Å². The molecule has 1 heterocycles. The third-order valence-corrected chi connectivity index (χ3v) is 4.16. The smallest absolute Gasteiger partial charge is 0.340 e. The molecule has 0 saturated carbocycles. The minimum Gasteiger partial charge on any atom is -0.462 e. The summed E-state index contributed by atoms with van der Waals surface area (Å²) in [6, 6.07) is 17.1. The molecule has 0 aliphatic carbocycles. The molecule has 0 radical (unpaired) electrons. The summed E-state index contributed by atoms with van der Waals surface area (Å²) in [6.07, 6.45) is 1.51. The summed E-state index contributed by atoms with van der Waals surface area (Å²) in [5.74, 6) is -0.334. The number of hydrogen-bond donors (Lipinski definition) is 2. The van der Waals surface area contributed by atoms with Crippen LogP contribution in [0.1, 0.15) is 27.6 Å². The number of pyridine rings is 1. The van der Waals surface area contributed by atoms with Gasteiger partial charge in [-0.2, -0.15) is 0 Å². The molecule has 28 heavy (non-hydrogen) atoms. The number of aromatic nitrogens is 1. The predicted octanol–water partition coefficient (Wildman–Crippen LogP) is 4.91. The van der Waals surface area contributed by atoms with Crippen molar-refractivity contribution in [2.45, 2.75) is 6.92 Å². The SMILES string of the molecule is CCOC(=O)c1ccccc1Nc1cc(C(=O)Nc2ccccc2Cl)ccn1. The number of para-hydroxylation sites is 2. The highest BCUT2D eigenvalue weighted by Crippen LogP contribution is 2.23. The molecule has 1 amide bonds. The molecule has 0 fully saturated rings. The molecule has 0 aliphatic rings. The van der Waals surface area contributed by atoms with Crippen molar-refractivity contribution in [2.24, 2.45) is 0 Å². The third kappa shape index (κ3) is 4.66. The lowest BCUT2D eigenvalue weighted by molar-refractivity contribution is 0.0527. The number of halogens is 1. The average molecular weight is 396 g/mol. The Morgan fingerprint density at radius 1 is 1.04 bits per heavy atom. The van der Waals surface area contributed by atoms with Crippen molar-refractivity contribution in [1.29, 1.82) is 0 Å². The van der Waals surface area contributed by atoms with Gasteiger partial charge in [0.1, 0.15) is 5.82 Å². The van der Waals surface area contributed by atoms with E-state index in [1.54, 1.807) is 67.6 Å². The van der Waals surface area contributed by atoms with Crippen molar-refractivity contribution < 1.29 is 14.3 Å². The lowest BCUT2D eigenvalue weighted by Crippen LogP contribution is -2.13. The predicted molar refractivity (Wildman–Crippen MR) is 109 cm³/mol. The van der Waals surface area contributed by atoms with E-state index in [0.29, 0.717) is 33.3 Å². The van der Waals surface area contributed by atoms with Gasteiger partial charge < -0.3 is 15.4 Å². The number of carbonyl (C=O) groups is 2. The second-order valence-corrected chi connectivity index (χ2v) is 6.16. The minimum atomic E-state index is -0.432. The molecule has 0 bridgehead atoms. The Balaban J connectivity index is 1.80. The summed E-state index contributed by atoms with van der Waals surface area (Å²) in [4.78, 5) is 28.9. The van der Waals surface area contributed by atoms with Crippen LogP contribution in [0.5, 0.6) is 0 Å². The summed E-state index contributed by atoms with van der Waals surface area (Å²) in [5.41, 5.74) is 1.84. The fourth-order valence-corrected chi connectivity index (χ4v) is 2.70. The van der Waals surface area contributed by atoms with E-state index in [9.17, 15) is 9.59 Å². The van der Waals surface area contributed by atoms with Crippen molar-refractivity contribution >= 4 is 40.7 Å². The van der Waals surface area contributed by atoms with Crippen molar-refractivity contribution in [3.05, 3.63) is 83.0 Å². The van der Waals surface area contributed by atoms with Crippen LogP contribution < -0.4 is 10.6 Å². The lowest BCUT2D eigenvalue weighted by atomic mass is 10.1. The molecule has 0 aliphatic heterocycles. The highest BCUT2D eigenvalue weighted by atomic mass is 35.5. The Morgan fingerprint density at radius 3 is 2.50 bits per heavy atom. The topological polar surface area (TPSA) is 80.3 Å². The van der Waals surface area contributed by atoms with Gasteiger partial charge in [-0.1, -0.05) is 35.9 Å². The lowest BCUT2D eigenvalue weighted by Gasteiger charge is -2.12.